The van der Waals surface area contributed by atoms with Crippen LogP contribution in [0.15, 0.2) is 18.2 Å². The second-order valence-corrected chi connectivity index (χ2v) is 7.32. The third-order valence-corrected chi connectivity index (χ3v) is 5.66. The van der Waals surface area contributed by atoms with Gasteiger partial charge in [0, 0.05) is 25.2 Å². The van der Waals surface area contributed by atoms with Crippen molar-refractivity contribution in [2.45, 2.75) is 44.8 Å². The molecule has 1 aromatic carbocycles. The van der Waals surface area contributed by atoms with Gasteiger partial charge >= 0.3 is 0 Å². The third-order valence-electron chi connectivity index (χ3n) is 4.73. The van der Waals surface area contributed by atoms with E-state index in [4.69, 9.17) is 0 Å². The minimum Gasteiger partial charge on any atom is -0.315 e. The van der Waals surface area contributed by atoms with Crippen LogP contribution >= 0.6 is 23.7 Å². The monoisotopic (exact) mass is 323 g/mol. The molecule has 1 aromatic heterocycles. The molecule has 2 bridgehead atoms. The summed E-state index contributed by atoms with van der Waals surface area (Å²) < 4.78 is 1.33. The molecule has 0 aliphatic carbocycles. The molecule has 21 heavy (non-hydrogen) atoms. The number of fused-ring (bicyclic) bond motifs is 3. The van der Waals surface area contributed by atoms with Gasteiger partial charge in [0.15, 0.2) is 0 Å². The minimum absolute atomic E-state index is 0. The maximum atomic E-state index is 4.55. The molecule has 2 unspecified atom stereocenters. The van der Waals surface area contributed by atoms with Gasteiger partial charge in [-0.2, -0.15) is 0 Å². The van der Waals surface area contributed by atoms with Crippen LogP contribution in [0.1, 0.15) is 29.8 Å². The summed E-state index contributed by atoms with van der Waals surface area (Å²) in [4.78, 5) is 7.28. The van der Waals surface area contributed by atoms with Crippen LogP contribution in [0, 0.1) is 6.92 Å². The first kappa shape index (κ1) is 15.2. The molecule has 0 saturated carbocycles. The summed E-state index contributed by atoms with van der Waals surface area (Å²) in [7, 11) is 0. The zero-order valence-corrected chi connectivity index (χ0v) is 14.0. The second-order valence-electron chi connectivity index (χ2n) is 6.09. The van der Waals surface area contributed by atoms with Crippen LogP contribution in [-0.2, 0) is 6.54 Å². The van der Waals surface area contributed by atoms with Crippen LogP contribution in [0.4, 0.5) is 0 Å². The molecule has 5 heteroatoms. The highest BCUT2D eigenvalue weighted by atomic mass is 35.5. The third kappa shape index (κ3) is 2.95. The molecule has 2 fully saturated rings. The fourth-order valence-electron chi connectivity index (χ4n) is 3.73. The van der Waals surface area contributed by atoms with Crippen LogP contribution in [0.2, 0.25) is 0 Å². The zero-order valence-electron chi connectivity index (χ0n) is 12.3. The van der Waals surface area contributed by atoms with E-state index in [0.29, 0.717) is 0 Å². The summed E-state index contributed by atoms with van der Waals surface area (Å²) in [5.41, 5.74) is 2.59. The quantitative estimate of drug-likeness (QED) is 0.918. The summed E-state index contributed by atoms with van der Waals surface area (Å²) >= 11 is 1.81. The van der Waals surface area contributed by atoms with Crippen LogP contribution in [-0.4, -0.2) is 35.1 Å². The van der Waals surface area contributed by atoms with Crippen LogP contribution in [0.25, 0.3) is 10.2 Å². The van der Waals surface area contributed by atoms with Crippen molar-refractivity contribution in [1.29, 1.82) is 0 Å². The Hall–Kier alpha value is -0.680. The van der Waals surface area contributed by atoms with E-state index in [1.54, 1.807) is 0 Å². The maximum absolute atomic E-state index is 4.55. The summed E-state index contributed by atoms with van der Waals surface area (Å²) in [6.07, 6.45) is 4.05. The van der Waals surface area contributed by atoms with E-state index < -0.39 is 0 Å². The largest absolute Gasteiger partial charge is 0.315 e. The second kappa shape index (κ2) is 6.21. The Morgan fingerprint density at radius 1 is 1.29 bits per heavy atom. The average Bonchev–Trinajstić information content (AvgIpc) is 2.88. The highest BCUT2D eigenvalue weighted by Crippen LogP contribution is 2.30. The molecule has 0 amide bonds. The summed E-state index contributed by atoms with van der Waals surface area (Å²) in [6, 6.07) is 8.32. The maximum Gasteiger partial charge on any atom is 0.0907 e. The smallest absolute Gasteiger partial charge is 0.0907 e. The molecule has 2 aliphatic rings. The van der Waals surface area contributed by atoms with Gasteiger partial charge in [0.25, 0.3) is 0 Å². The summed E-state index contributed by atoms with van der Waals surface area (Å²) in [5.74, 6) is 0. The van der Waals surface area contributed by atoms with Crippen molar-refractivity contribution in [1.82, 2.24) is 15.2 Å². The predicted octanol–water partition coefficient (Wildman–Crippen LogP) is 3.35. The molecule has 3 nitrogen and oxygen atoms in total. The van der Waals surface area contributed by atoms with Gasteiger partial charge < -0.3 is 5.32 Å². The number of hydrogen-bond acceptors (Lipinski definition) is 4. The SMILES string of the molecule is Cc1nc2ccc(CN3C4CCNCC3CC4)cc2s1.Cl. The predicted molar refractivity (Wildman–Crippen MR) is 91.4 cm³/mol. The van der Waals surface area contributed by atoms with Gasteiger partial charge in [-0.15, -0.1) is 23.7 Å². The average molecular weight is 324 g/mol. The van der Waals surface area contributed by atoms with Crippen LogP contribution in [0.5, 0.6) is 0 Å². The first-order valence-corrected chi connectivity index (χ1v) is 8.44. The number of rotatable bonds is 2. The van der Waals surface area contributed by atoms with Gasteiger partial charge in [-0.25, -0.2) is 4.98 Å². The van der Waals surface area contributed by atoms with Gasteiger partial charge in [-0.1, -0.05) is 6.07 Å². The normalized spacial score (nSPS) is 25.8. The Kier molecular flexibility index (Phi) is 4.50. The number of nitrogens with zero attached hydrogens (tertiary/aromatic N) is 2. The molecule has 114 valence electrons. The minimum atomic E-state index is 0. The summed E-state index contributed by atoms with van der Waals surface area (Å²) in [5, 5.41) is 4.74. The first-order chi connectivity index (χ1) is 9.79. The van der Waals surface area contributed by atoms with E-state index in [1.165, 1.54) is 42.6 Å². The lowest BCUT2D eigenvalue weighted by Gasteiger charge is -2.27. The van der Waals surface area contributed by atoms with Crippen molar-refractivity contribution < 1.29 is 0 Å². The molecule has 2 atom stereocenters. The number of aromatic nitrogens is 1. The number of halogens is 1. The number of nitrogens with one attached hydrogen (secondary N) is 1. The van der Waals surface area contributed by atoms with Gasteiger partial charge in [-0.05, 0) is 50.4 Å². The van der Waals surface area contributed by atoms with Crippen LogP contribution in [0.3, 0.4) is 0 Å². The Balaban J connectivity index is 0.00000132. The lowest BCUT2D eigenvalue weighted by molar-refractivity contribution is 0.193. The van der Waals surface area contributed by atoms with Crippen LogP contribution < -0.4 is 5.32 Å². The van der Waals surface area contributed by atoms with Crippen molar-refractivity contribution in [3.05, 3.63) is 28.8 Å². The standard InChI is InChI=1S/C16H21N3S.ClH/c1-11-18-15-5-2-12(8-16(15)20-11)10-19-13-3-4-14(19)9-17-7-6-13;/h2,5,8,13-14,17H,3-4,6-7,9-10H2,1H3;1H. The molecule has 1 N–H and O–H groups in total. The Morgan fingerprint density at radius 3 is 3.05 bits per heavy atom. The first-order valence-electron chi connectivity index (χ1n) is 7.62. The molecule has 2 saturated heterocycles. The Labute approximate surface area is 136 Å². The highest BCUT2D eigenvalue weighted by Gasteiger charge is 2.34. The lowest BCUT2D eigenvalue weighted by atomic mass is 10.1. The van der Waals surface area contributed by atoms with E-state index in [2.05, 4.69) is 40.3 Å². The van der Waals surface area contributed by atoms with Crippen molar-refractivity contribution in [3.8, 4) is 0 Å². The van der Waals surface area contributed by atoms with E-state index in [9.17, 15) is 0 Å². The molecule has 3 heterocycles. The summed E-state index contributed by atoms with van der Waals surface area (Å²) in [6.45, 7) is 5.54. The molecule has 2 aliphatic heterocycles. The number of hydrogen-bond donors (Lipinski definition) is 1. The molecular weight excluding hydrogens is 302 g/mol. The van der Waals surface area contributed by atoms with Gasteiger partial charge in [-0.3, -0.25) is 4.90 Å². The molecule has 0 spiro atoms. The van der Waals surface area contributed by atoms with Gasteiger partial charge in [0.05, 0.1) is 15.2 Å². The van der Waals surface area contributed by atoms with Gasteiger partial charge in [0.1, 0.15) is 0 Å². The number of thiazole rings is 1. The lowest BCUT2D eigenvalue weighted by Crippen LogP contribution is -2.37. The van der Waals surface area contributed by atoms with Crippen molar-refractivity contribution in [2.75, 3.05) is 13.1 Å². The Bertz CT molecular complexity index is 613. The highest BCUT2D eigenvalue weighted by molar-refractivity contribution is 7.18. The zero-order chi connectivity index (χ0) is 13.5. The van der Waals surface area contributed by atoms with Gasteiger partial charge in [0.2, 0.25) is 0 Å². The van der Waals surface area contributed by atoms with Crippen molar-refractivity contribution in [2.24, 2.45) is 0 Å². The Morgan fingerprint density at radius 2 is 2.14 bits per heavy atom. The fourth-order valence-corrected chi connectivity index (χ4v) is 4.62. The van der Waals surface area contributed by atoms with E-state index in [-0.39, 0.29) is 12.4 Å². The number of benzene rings is 1. The molecule has 2 aromatic rings. The van der Waals surface area contributed by atoms with Crippen molar-refractivity contribution in [3.63, 3.8) is 0 Å². The van der Waals surface area contributed by atoms with E-state index >= 15 is 0 Å². The molecular formula is C16H22ClN3S. The van der Waals surface area contributed by atoms with E-state index in [1.807, 2.05) is 11.3 Å². The molecule has 4 rings (SSSR count). The number of aryl methyl sites for hydroxylation is 1. The fraction of sp³-hybridized carbons (Fsp3) is 0.562. The topological polar surface area (TPSA) is 28.2 Å². The van der Waals surface area contributed by atoms with Crippen molar-refractivity contribution >= 4 is 34.0 Å². The van der Waals surface area contributed by atoms with E-state index in [0.717, 1.165) is 29.2 Å². The molecule has 0 radical (unpaired) electrons.